The zero-order valence-electron chi connectivity index (χ0n) is 9.94. The molecule has 0 atom stereocenters. The zero-order valence-corrected chi connectivity index (χ0v) is 10.8. The van der Waals surface area contributed by atoms with Gasteiger partial charge in [-0.25, -0.2) is 13.1 Å². The van der Waals surface area contributed by atoms with E-state index in [4.69, 9.17) is 4.74 Å². The van der Waals surface area contributed by atoms with Crippen LogP contribution in [0.2, 0.25) is 0 Å². The highest BCUT2D eigenvalue weighted by Crippen LogP contribution is 2.21. The number of aryl methyl sites for hydroxylation is 1. The molecule has 0 bridgehead atoms. The highest BCUT2D eigenvalue weighted by molar-refractivity contribution is 7.89. The van der Waals surface area contributed by atoms with Crippen LogP contribution in [0, 0.1) is 6.92 Å². The second-order valence-corrected chi connectivity index (χ2v) is 5.62. The van der Waals surface area contributed by atoms with Gasteiger partial charge in [0.15, 0.2) is 0 Å². The molecule has 16 heavy (non-hydrogen) atoms. The Hall–Kier alpha value is -1.07. The molecule has 1 N–H and O–H groups in total. The lowest BCUT2D eigenvalue weighted by Crippen LogP contribution is -2.30. The van der Waals surface area contributed by atoms with E-state index in [1.165, 1.54) is 6.07 Å². The van der Waals surface area contributed by atoms with Gasteiger partial charge < -0.3 is 4.74 Å². The van der Waals surface area contributed by atoms with E-state index in [1.54, 1.807) is 33.1 Å². The standard InChI is InChI=1S/C11H17NO3S/c1-8(2)12-16(13,14)10-5-6-11(15-4)9(3)7-10/h5-8,12H,1-4H3. The summed E-state index contributed by atoms with van der Waals surface area (Å²) in [5.41, 5.74) is 0.800. The van der Waals surface area contributed by atoms with Gasteiger partial charge in [-0.1, -0.05) is 0 Å². The molecule has 0 aliphatic rings. The lowest BCUT2D eigenvalue weighted by molar-refractivity contribution is 0.411. The predicted molar refractivity (Wildman–Crippen MR) is 63.2 cm³/mol. The van der Waals surface area contributed by atoms with Gasteiger partial charge >= 0.3 is 0 Å². The molecular formula is C11H17NO3S. The van der Waals surface area contributed by atoms with Gasteiger partial charge in [0.25, 0.3) is 0 Å². The van der Waals surface area contributed by atoms with Gasteiger partial charge in [0.05, 0.1) is 12.0 Å². The van der Waals surface area contributed by atoms with Crippen LogP contribution < -0.4 is 9.46 Å². The fourth-order valence-corrected chi connectivity index (χ4v) is 2.73. The molecule has 0 heterocycles. The van der Waals surface area contributed by atoms with E-state index in [1.807, 2.05) is 6.92 Å². The monoisotopic (exact) mass is 243 g/mol. The highest BCUT2D eigenvalue weighted by Gasteiger charge is 2.16. The van der Waals surface area contributed by atoms with Gasteiger partial charge in [0, 0.05) is 6.04 Å². The van der Waals surface area contributed by atoms with Crippen molar-refractivity contribution in [3.8, 4) is 5.75 Å². The zero-order chi connectivity index (χ0) is 12.3. The van der Waals surface area contributed by atoms with Crippen molar-refractivity contribution < 1.29 is 13.2 Å². The molecule has 0 saturated heterocycles. The maximum atomic E-state index is 11.8. The largest absolute Gasteiger partial charge is 0.496 e. The van der Waals surface area contributed by atoms with Gasteiger partial charge in [-0.15, -0.1) is 0 Å². The first-order valence-corrected chi connectivity index (χ1v) is 6.52. The summed E-state index contributed by atoms with van der Waals surface area (Å²) in [7, 11) is -1.85. The topological polar surface area (TPSA) is 55.4 Å². The number of sulfonamides is 1. The number of hydrogen-bond acceptors (Lipinski definition) is 3. The Morgan fingerprint density at radius 3 is 2.38 bits per heavy atom. The Bertz CT molecular complexity index is 466. The quantitative estimate of drug-likeness (QED) is 0.875. The lowest BCUT2D eigenvalue weighted by Gasteiger charge is -2.11. The van der Waals surface area contributed by atoms with Crippen LogP contribution in [0.15, 0.2) is 23.1 Å². The van der Waals surface area contributed by atoms with E-state index in [0.29, 0.717) is 5.75 Å². The molecule has 0 aromatic heterocycles. The van der Waals surface area contributed by atoms with Crippen molar-refractivity contribution in [2.75, 3.05) is 7.11 Å². The number of rotatable bonds is 4. The fraction of sp³-hybridized carbons (Fsp3) is 0.455. The molecule has 1 aromatic carbocycles. The normalized spacial score (nSPS) is 11.8. The first-order chi connectivity index (χ1) is 7.36. The number of nitrogens with one attached hydrogen (secondary N) is 1. The lowest BCUT2D eigenvalue weighted by atomic mass is 10.2. The van der Waals surface area contributed by atoms with E-state index >= 15 is 0 Å². The predicted octanol–water partition coefficient (Wildman–Crippen LogP) is 1.69. The van der Waals surface area contributed by atoms with E-state index < -0.39 is 10.0 Å². The SMILES string of the molecule is COc1ccc(S(=O)(=O)NC(C)C)cc1C. The summed E-state index contributed by atoms with van der Waals surface area (Å²) < 4.78 is 31.3. The number of ether oxygens (including phenoxy) is 1. The molecule has 90 valence electrons. The summed E-state index contributed by atoms with van der Waals surface area (Å²) in [6.07, 6.45) is 0. The molecule has 4 nitrogen and oxygen atoms in total. The summed E-state index contributed by atoms with van der Waals surface area (Å²) in [6.45, 7) is 5.38. The highest BCUT2D eigenvalue weighted by atomic mass is 32.2. The van der Waals surface area contributed by atoms with E-state index in [0.717, 1.165) is 5.56 Å². The smallest absolute Gasteiger partial charge is 0.240 e. The van der Waals surface area contributed by atoms with Crippen molar-refractivity contribution in [2.45, 2.75) is 31.7 Å². The van der Waals surface area contributed by atoms with Crippen molar-refractivity contribution in [1.82, 2.24) is 4.72 Å². The van der Waals surface area contributed by atoms with Crippen molar-refractivity contribution in [2.24, 2.45) is 0 Å². The summed E-state index contributed by atoms with van der Waals surface area (Å²) in [5.74, 6) is 0.684. The number of methoxy groups -OCH3 is 1. The van der Waals surface area contributed by atoms with Gasteiger partial charge in [-0.3, -0.25) is 0 Å². The van der Waals surface area contributed by atoms with Crippen LogP contribution in [0.25, 0.3) is 0 Å². The van der Waals surface area contributed by atoms with Crippen LogP contribution in [0.4, 0.5) is 0 Å². The van der Waals surface area contributed by atoms with Gasteiger partial charge in [-0.2, -0.15) is 0 Å². The molecule has 0 aliphatic carbocycles. The third kappa shape index (κ3) is 2.96. The van der Waals surface area contributed by atoms with Crippen LogP contribution >= 0.6 is 0 Å². The Morgan fingerprint density at radius 1 is 1.31 bits per heavy atom. The van der Waals surface area contributed by atoms with E-state index in [-0.39, 0.29) is 10.9 Å². The van der Waals surface area contributed by atoms with Gasteiger partial charge in [-0.05, 0) is 44.5 Å². The fourth-order valence-electron chi connectivity index (χ4n) is 1.40. The Morgan fingerprint density at radius 2 is 1.94 bits per heavy atom. The summed E-state index contributed by atoms with van der Waals surface area (Å²) in [6, 6.07) is 4.68. The second kappa shape index (κ2) is 4.84. The molecule has 0 unspecified atom stereocenters. The molecule has 0 radical (unpaired) electrons. The molecule has 0 saturated carbocycles. The molecular weight excluding hydrogens is 226 g/mol. The first kappa shape index (κ1) is 13.0. The minimum atomic E-state index is -3.41. The minimum absolute atomic E-state index is 0.118. The summed E-state index contributed by atoms with van der Waals surface area (Å²) >= 11 is 0. The van der Waals surface area contributed by atoms with E-state index in [2.05, 4.69) is 4.72 Å². The molecule has 1 rings (SSSR count). The molecule has 0 aliphatic heterocycles. The number of hydrogen-bond donors (Lipinski definition) is 1. The molecule has 0 spiro atoms. The third-order valence-electron chi connectivity index (χ3n) is 2.07. The maximum absolute atomic E-state index is 11.8. The average Bonchev–Trinajstić information content (AvgIpc) is 2.15. The Balaban J connectivity index is 3.10. The van der Waals surface area contributed by atoms with Crippen LogP contribution in [-0.2, 0) is 10.0 Å². The van der Waals surface area contributed by atoms with Crippen molar-refractivity contribution >= 4 is 10.0 Å². The second-order valence-electron chi connectivity index (χ2n) is 3.91. The molecule has 5 heteroatoms. The van der Waals surface area contributed by atoms with Crippen LogP contribution in [0.3, 0.4) is 0 Å². The van der Waals surface area contributed by atoms with Crippen molar-refractivity contribution in [3.63, 3.8) is 0 Å². The van der Waals surface area contributed by atoms with Crippen molar-refractivity contribution in [3.05, 3.63) is 23.8 Å². The Labute approximate surface area is 96.7 Å². The molecule has 1 aromatic rings. The molecule has 0 fully saturated rings. The van der Waals surface area contributed by atoms with Crippen molar-refractivity contribution in [1.29, 1.82) is 0 Å². The summed E-state index contributed by atoms with van der Waals surface area (Å²) in [4.78, 5) is 0.263. The van der Waals surface area contributed by atoms with Crippen LogP contribution in [0.1, 0.15) is 19.4 Å². The number of benzene rings is 1. The third-order valence-corrected chi connectivity index (χ3v) is 3.72. The van der Waals surface area contributed by atoms with Gasteiger partial charge in [0.1, 0.15) is 5.75 Å². The average molecular weight is 243 g/mol. The minimum Gasteiger partial charge on any atom is -0.496 e. The Kier molecular flexibility index (Phi) is 3.93. The van der Waals surface area contributed by atoms with Crippen LogP contribution in [-0.4, -0.2) is 21.6 Å². The summed E-state index contributed by atoms with van der Waals surface area (Å²) in [5, 5.41) is 0. The van der Waals surface area contributed by atoms with Gasteiger partial charge in [0.2, 0.25) is 10.0 Å². The van der Waals surface area contributed by atoms with E-state index in [9.17, 15) is 8.42 Å². The maximum Gasteiger partial charge on any atom is 0.240 e. The first-order valence-electron chi connectivity index (χ1n) is 5.04. The molecule has 0 amide bonds. The van der Waals surface area contributed by atoms with Crippen LogP contribution in [0.5, 0.6) is 5.75 Å².